The zero-order valence-corrected chi connectivity index (χ0v) is 9.47. The van der Waals surface area contributed by atoms with E-state index >= 15 is 0 Å². The van der Waals surface area contributed by atoms with E-state index in [4.69, 9.17) is 5.73 Å². The number of thiazole rings is 1. The molecule has 0 bridgehead atoms. The Hall–Kier alpha value is -1.89. The van der Waals surface area contributed by atoms with Gasteiger partial charge in [-0.15, -0.1) is 0 Å². The van der Waals surface area contributed by atoms with Gasteiger partial charge in [0.25, 0.3) is 5.91 Å². The maximum Gasteiger partial charge on any atom is 0.263 e. The van der Waals surface area contributed by atoms with Gasteiger partial charge in [-0.2, -0.15) is 5.10 Å². The predicted octanol–water partition coefficient (Wildman–Crippen LogP) is 0.687. The number of nitrogen functional groups attached to an aromatic ring is 1. The van der Waals surface area contributed by atoms with Crippen LogP contribution in [0.1, 0.15) is 21.1 Å². The molecule has 84 valence electrons. The van der Waals surface area contributed by atoms with Crippen LogP contribution in [0.3, 0.4) is 0 Å². The number of aromatic amines is 1. The highest BCUT2D eigenvalue weighted by Gasteiger charge is 2.13. The second-order valence-corrected chi connectivity index (χ2v) is 4.26. The summed E-state index contributed by atoms with van der Waals surface area (Å²) in [4.78, 5) is 16.3. The van der Waals surface area contributed by atoms with Gasteiger partial charge in [0.2, 0.25) is 0 Å². The first-order chi connectivity index (χ1) is 7.66. The fourth-order valence-electron chi connectivity index (χ4n) is 1.27. The Bertz CT molecular complexity index is 490. The van der Waals surface area contributed by atoms with Crippen molar-refractivity contribution in [1.29, 1.82) is 0 Å². The Morgan fingerprint density at radius 1 is 1.69 bits per heavy atom. The third-order valence-electron chi connectivity index (χ3n) is 2.02. The van der Waals surface area contributed by atoms with E-state index in [0.29, 0.717) is 22.2 Å². The molecule has 0 radical (unpaired) electrons. The summed E-state index contributed by atoms with van der Waals surface area (Å²) in [6.07, 6.45) is 1.64. The molecule has 0 aliphatic rings. The molecule has 16 heavy (non-hydrogen) atoms. The molecule has 2 aromatic heterocycles. The number of carbonyl (C=O) groups excluding carboxylic acids is 1. The number of aromatic nitrogens is 3. The van der Waals surface area contributed by atoms with Crippen LogP contribution in [0.4, 0.5) is 5.13 Å². The molecular formula is C9H11N5OS. The number of nitrogens with two attached hydrogens (primary N) is 1. The maximum absolute atomic E-state index is 11.7. The summed E-state index contributed by atoms with van der Waals surface area (Å²) < 4.78 is 0. The third kappa shape index (κ3) is 2.19. The van der Waals surface area contributed by atoms with Crippen molar-refractivity contribution >= 4 is 22.4 Å². The maximum atomic E-state index is 11.7. The van der Waals surface area contributed by atoms with Gasteiger partial charge in [0, 0.05) is 6.20 Å². The van der Waals surface area contributed by atoms with Crippen molar-refractivity contribution in [3.63, 3.8) is 0 Å². The summed E-state index contributed by atoms with van der Waals surface area (Å²) in [6, 6.07) is 1.80. The van der Waals surface area contributed by atoms with Gasteiger partial charge < -0.3 is 11.1 Å². The lowest BCUT2D eigenvalue weighted by atomic mass is 10.3. The van der Waals surface area contributed by atoms with Gasteiger partial charge in [0.15, 0.2) is 5.13 Å². The Labute approximate surface area is 95.9 Å². The van der Waals surface area contributed by atoms with Crippen molar-refractivity contribution in [2.24, 2.45) is 0 Å². The second-order valence-electron chi connectivity index (χ2n) is 3.23. The van der Waals surface area contributed by atoms with E-state index in [1.807, 2.05) is 0 Å². The number of amides is 1. The van der Waals surface area contributed by atoms with E-state index in [9.17, 15) is 4.79 Å². The molecule has 4 N–H and O–H groups in total. The molecule has 0 atom stereocenters. The van der Waals surface area contributed by atoms with Crippen LogP contribution >= 0.6 is 11.3 Å². The van der Waals surface area contributed by atoms with Gasteiger partial charge in [0.05, 0.1) is 17.9 Å². The molecule has 0 aromatic carbocycles. The van der Waals surface area contributed by atoms with Crippen molar-refractivity contribution < 1.29 is 4.79 Å². The van der Waals surface area contributed by atoms with Gasteiger partial charge in [0.1, 0.15) is 4.88 Å². The number of nitrogens with one attached hydrogen (secondary N) is 2. The molecule has 0 fully saturated rings. The predicted molar refractivity (Wildman–Crippen MR) is 61.0 cm³/mol. The van der Waals surface area contributed by atoms with Crippen molar-refractivity contribution in [2.45, 2.75) is 13.5 Å². The summed E-state index contributed by atoms with van der Waals surface area (Å²) in [5.41, 5.74) is 7.03. The fourth-order valence-corrected chi connectivity index (χ4v) is 2.02. The van der Waals surface area contributed by atoms with Crippen molar-refractivity contribution in [3.05, 3.63) is 28.5 Å². The quantitative estimate of drug-likeness (QED) is 0.731. The average molecular weight is 237 g/mol. The largest absolute Gasteiger partial charge is 0.375 e. The molecule has 0 spiro atoms. The number of carbonyl (C=O) groups is 1. The summed E-state index contributed by atoms with van der Waals surface area (Å²) in [7, 11) is 0. The lowest BCUT2D eigenvalue weighted by molar-refractivity contribution is 0.0953. The Morgan fingerprint density at radius 3 is 3.06 bits per heavy atom. The number of hydrogen-bond donors (Lipinski definition) is 3. The smallest absolute Gasteiger partial charge is 0.263 e. The van der Waals surface area contributed by atoms with Crippen LogP contribution in [0.15, 0.2) is 12.3 Å². The number of H-pyrrole nitrogens is 1. The molecule has 6 nitrogen and oxygen atoms in total. The summed E-state index contributed by atoms with van der Waals surface area (Å²) in [5.74, 6) is -0.165. The van der Waals surface area contributed by atoms with E-state index < -0.39 is 0 Å². The van der Waals surface area contributed by atoms with Crippen LogP contribution in [0.25, 0.3) is 0 Å². The Morgan fingerprint density at radius 2 is 2.50 bits per heavy atom. The highest BCUT2D eigenvalue weighted by atomic mass is 32.1. The normalized spacial score (nSPS) is 10.3. The zero-order valence-electron chi connectivity index (χ0n) is 8.65. The van der Waals surface area contributed by atoms with Gasteiger partial charge >= 0.3 is 0 Å². The standard InChI is InChI=1S/C9H11N5OS/c1-5-7(16-9(10)13-5)8(15)11-4-6-2-3-12-14-6/h2-3H,4H2,1H3,(H2,10,13)(H,11,15)(H,12,14). The lowest BCUT2D eigenvalue weighted by Crippen LogP contribution is -2.22. The second kappa shape index (κ2) is 4.31. The molecule has 0 aliphatic heterocycles. The molecule has 7 heteroatoms. The Kier molecular flexibility index (Phi) is 2.86. The molecular weight excluding hydrogens is 226 g/mol. The van der Waals surface area contributed by atoms with Gasteiger partial charge in [-0.3, -0.25) is 9.89 Å². The fraction of sp³-hybridized carbons (Fsp3) is 0.222. The molecule has 2 aromatic rings. The number of aryl methyl sites for hydroxylation is 1. The van der Waals surface area contributed by atoms with Gasteiger partial charge in [-0.05, 0) is 13.0 Å². The topological polar surface area (TPSA) is 96.7 Å². The minimum absolute atomic E-state index is 0.165. The van der Waals surface area contributed by atoms with E-state index in [-0.39, 0.29) is 5.91 Å². The number of rotatable bonds is 3. The van der Waals surface area contributed by atoms with Crippen LogP contribution in [0.5, 0.6) is 0 Å². The van der Waals surface area contributed by atoms with Crippen molar-refractivity contribution in [2.75, 3.05) is 5.73 Å². The first kappa shape index (κ1) is 10.6. The SMILES string of the molecule is Cc1nc(N)sc1C(=O)NCc1ccn[nH]1. The highest BCUT2D eigenvalue weighted by Crippen LogP contribution is 2.19. The van der Waals surface area contributed by atoms with E-state index in [1.54, 1.807) is 19.2 Å². The minimum Gasteiger partial charge on any atom is -0.375 e. The number of hydrogen-bond acceptors (Lipinski definition) is 5. The van der Waals surface area contributed by atoms with Crippen molar-refractivity contribution in [3.8, 4) is 0 Å². The van der Waals surface area contributed by atoms with Crippen LogP contribution in [0, 0.1) is 6.92 Å². The Balaban J connectivity index is 2.01. The molecule has 2 rings (SSSR count). The van der Waals surface area contributed by atoms with E-state index in [0.717, 1.165) is 5.69 Å². The average Bonchev–Trinajstić information content (AvgIpc) is 2.84. The minimum atomic E-state index is -0.165. The molecule has 0 aliphatic carbocycles. The number of nitrogens with zero attached hydrogens (tertiary/aromatic N) is 2. The molecule has 0 saturated carbocycles. The van der Waals surface area contributed by atoms with E-state index in [1.165, 1.54) is 11.3 Å². The lowest BCUT2D eigenvalue weighted by Gasteiger charge is -2.01. The third-order valence-corrected chi connectivity index (χ3v) is 3.00. The summed E-state index contributed by atoms with van der Waals surface area (Å²) in [6.45, 7) is 2.17. The molecule has 1 amide bonds. The number of anilines is 1. The van der Waals surface area contributed by atoms with Crippen LogP contribution in [-0.4, -0.2) is 21.1 Å². The van der Waals surface area contributed by atoms with Crippen molar-refractivity contribution in [1.82, 2.24) is 20.5 Å². The molecule has 0 saturated heterocycles. The monoisotopic (exact) mass is 237 g/mol. The zero-order chi connectivity index (χ0) is 11.5. The first-order valence-electron chi connectivity index (χ1n) is 4.66. The van der Waals surface area contributed by atoms with Gasteiger partial charge in [-0.1, -0.05) is 11.3 Å². The van der Waals surface area contributed by atoms with Crippen LogP contribution < -0.4 is 11.1 Å². The molecule has 2 heterocycles. The summed E-state index contributed by atoms with van der Waals surface area (Å²) in [5, 5.41) is 9.72. The summed E-state index contributed by atoms with van der Waals surface area (Å²) >= 11 is 1.19. The van der Waals surface area contributed by atoms with Crippen LogP contribution in [-0.2, 0) is 6.54 Å². The highest BCUT2D eigenvalue weighted by molar-refractivity contribution is 7.17. The first-order valence-corrected chi connectivity index (χ1v) is 5.48. The van der Waals surface area contributed by atoms with Crippen LogP contribution in [0.2, 0.25) is 0 Å². The van der Waals surface area contributed by atoms with Gasteiger partial charge in [-0.25, -0.2) is 4.98 Å². The molecule has 0 unspecified atom stereocenters. The van der Waals surface area contributed by atoms with E-state index in [2.05, 4.69) is 20.5 Å².